The van der Waals surface area contributed by atoms with Gasteiger partial charge < -0.3 is 10.6 Å². The van der Waals surface area contributed by atoms with E-state index in [1.54, 1.807) is 12.1 Å². The summed E-state index contributed by atoms with van der Waals surface area (Å²) < 4.78 is 64.4. The number of urea groups is 1. The zero-order valence-electron chi connectivity index (χ0n) is 17.0. The molecule has 32 heavy (non-hydrogen) atoms. The van der Waals surface area contributed by atoms with Crippen molar-refractivity contribution in [1.82, 2.24) is 4.90 Å². The Kier molecular flexibility index (Phi) is 6.89. The smallest absolute Gasteiger partial charge is 0.324 e. The van der Waals surface area contributed by atoms with Crippen LogP contribution in [0.25, 0.3) is 0 Å². The second-order valence-electron chi connectivity index (χ2n) is 7.35. The van der Waals surface area contributed by atoms with Gasteiger partial charge in [0.05, 0.1) is 35.8 Å². The summed E-state index contributed by atoms with van der Waals surface area (Å²) in [6, 6.07) is 10.1. The highest BCUT2D eigenvalue weighted by molar-refractivity contribution is 7.91. The van der Waals surface area contributed by atoms with Gasteiger partial charge in [0.25, 0.3) is 0 Å². The number of Topliss-reactive ketones (excluding diaryl/α,β-unsaturated/α-hetero) is 1. The van der Waals surface area contributed by atoms with Crippen LogP contribution in [0, 0.1) is 0 Å². The zero-order valence-corrected chi connectivity index (χ0v) is 17.8. The highest BCUT2D eigenvalue weighted by atomic mass is 32.2. The van der Waals surface area contributed by atoms with E-state index in [4.69, 9.17) is 5.73 Å². The third-order valence-corrected chi connectivity index (χ3v) is 6.76. The SMILES string of the molecule is NCC(=O)c1ccc(CN(C(=O)N2CCS(=O)(=O)CC2)c2ccccc2C(F)(F)F)cc1. The third-order valence-electron chi connectivity index (χ3n) is 5.15. The first-order valence-corrected chi connectivity index (χ1v) is 11.6. The topological polar surface area (TPSA) is 101 Å². The van der Waals surface area contributed by atoms with E-state index >= 15 is 0 Å². The molecule has 0 atom stereocenters. The highest BCUT2D eigenvalue weighted by Crippen LogP contribution is 2.37. The summed E-state index contributed by atoms with van der Waals surface area (Å²) in [6.45, 7) is -0.585. The zero-order chi connectivity index (χ0) is 23.5. The highest BCUT2D eigenvalue weighted by Gasteiger charge is 2.37. The van der Waals surface area contributed by atoms with E-state index in [1.165, 1.54) is 35.2 Å². The van der Waals surface area contributed by atoms with E-state index < -0.39 is 27.6 Å². The lowest BCUT2D eigenvalue weighted by Gasteiger charge is -2.34. The second-order valence-corrected chi connectivity index (χ2v) is 9.65. The number of para-hydroxylation sites is 1. The van der Waals surface area contributed by atoms with Gasteiger partial charge in [-0.05, 0) is 17.7 Å². The number of nitrogens with zero attached hydrogens (tertiary/aromatic N) is 2. The van der Waals surface area contributed by atoms with Crippen LogP contribution in [0.1, 0.15) is 21.5 Å². The predicted molar refractivity (Wildman–Crippen MR) is 113 cm³/mol. The first kappa shape index (κ1) is 23.7. The Bertz CT molecular complexity index is 1090. The van der Waals surface area contributed by atoms with E-state index in [1.807, 2.05) is 0 Å². The predicted octanol–water partition coefficient (Wildman–Crippen LogP) is 2.70. The van der Waals surface area contributed by atoms with Crippen LogP contribution < -0.4 is 10.6 Å². The summed E-state index contributed by atoms with van der Waals surface area (Å²) in [5.41, 5.74) is 4.88. The number of hydrogen-bond acceptors (Lipinski definition) is 5. The summed E-state index contributed by atoms with van der Waals surface area (Å²) in [7, 11) is -3.28. The van der Waals surface area contributed by atoms with Gasteiger partial charge in [-0.25, -0.2) is 13.2 Å². The molecule has 0 aromatic heterocycles. The van der Waals surface area contributed by atoms with Crippen molar-refractivity contribution in [3.8, 4) is 0 Å². The standard InChI is InChI=1S/C21H22F3N3O4S/c22-21(23,24)17-3-1-2-4-18(17)27(20(29)26-9-11-32(30,31)12-10-26)14-15-5-7-16(8-6-15)19(28)13-25/h1-8H,9-14,25H2. The van der Waals surface area contributed by atoms with E-state index in [-0.39, 0.29) is 49.2 Å². The van der Waals surface area contributed by atoms with Crippen molar-refractivity contribution in [3.63, 3.8) is 0 Å². The minimum absolute atomic E-state index is 0.101. The number of sulfone groups is 1. The number of nitrogens with two attached hydrogens (primary N) is 1. The molecule has 1 saturated heterocycles. The van der Waals surface area contributed by atoms with Crippen LogP contribution in [0.3, 0.4) is 0 Å². The quantitative estimate of drug-likeness (QED) is 0.679. The van der Waals surface area contributed by atoms with Crippen molar-refractivity contribution < 1.29 is 31.2 Å². The van der Waals surface area contributed by atoms with Crippen molar-refractivity contribution in [1.29, 1.82) is 0 Å². The molecule has 2 N–H and O–H groups in total. The normalized spacial score (nSPS) is 15.9. The number of ketones is 1. The Labute approximate surface area is 183 Å². The molecule has 0 radical (unpaired) electrons. The summed E-state index contributed by atoms with van der Waals surface area (Å²) in [4.78, 5) is 27.2. The minimum atomic E-state index is -4.70. The fourth-order valence-corrected chi connectivity index (χ4v) is 4.58. The molecule has 1 aliphatic rings. The molecule has 2 aromatic carbocycles. The Morgan fingerprint density at radius 3 is 2.16 bits per heavy atom. The number of halogens is 3. The van der Waals surface area contributed by atoms with E-state index in [2.05, 4.69) is 0 Å². The first-order chi connectivity index (χ1) is 15.0. The number of hydrogen-bond donors (Lipinski definition) is 1. The van der Waals surface area contributed by atoms with E-state index in [9.17, 15) is 31.2 Å². The van der Waals surface area contributed by atoms with Crippen molar-refractivity contribution in [2.45, 2.75) is 12.7 Å². The van der Waals surface area contributed by atoms with Gasteiger partial charge >= 0.3 is 12.2 Å². The molecule has 3 rings (SSSR count). The lowest BCUT2D eigenvalue weighted by atomic mass is 10.1. The van der Waals surface area contributed by atoms with E-state index in [0.29, 0.717) is 11.1 Å². The summed E-state index contributed by atoms with van der Waals surface area (Å²) in [5.74, 6) is -0.784. The van der Waals surface area contributed by atoms with Crippen molar-refractivity contribution in [2.24, 2.45) is 5.73 Å². The minimum Gasteiger partial charge on any atom is -0.324 e. The van der Waals surface area contributed by atoms with Crippen LogP contribution >= 0.6 is 0 Å². The van der Waals surface area contributed by atoms with Crippen LogP contribution in [0.2, 0.25) is 0 Å². The number of carbonyl (C=O) groups is 2. The Morgan fingerprint density at radius 1 is 1.00 bits per heavy atom. The first-order valence-electron chi connectivity index (χ1n) is 9.77. The molecule has 7 nitrogen and oxygen atoms in total. The molecular weight excluding hydrogens is 447 g/mol. The Morgan fingerprint density at radius 2 is 1.59 bits per heavy atom. The molecule has 2 aromatic rings. The maximum Gasteiger partial charge on any atom is 0.418 e. The monoisotopic (exact) mass is 469 g/mol. The lowest BCUT2D eigenvalue weighted by molar-refractivity contribution is -0.137. The van der Waals surface area contributed by atoms with Gasteiger partial charge in [0, 0.05) is 18.7 Å². The lowest BCUT2D eigenvalue weighted by Crippen LogP contribution is -2.50. The number of alkyl halides is 3. The molecule has 0 saturated carbocycles. The number of amides is 2. The molecule has 0 aliphatic carbocycles. The van der Waals surface area contributed by atoms with Crippen molar-refractivity contribution in [2.75, 3.05) is 36.0 Å². The van der Waals surface area contributed by atoms with Crippen LogP contribution in [0.15, 0.2) is 48.5 Å². The van der Waals surface area contributed by atoms with E-state index in [0.717, 1.165) is 11.0 Å². The molecule has 1 fully saturated rings. The number of benzene rings is 2. The Balaban J connectivity index is 1.97. The third kappa shape index (κ3) is 5.46. The van der Waals surface area contributed by atoms with Crippen molar-refractivity contribution >= 4 is 27.3 Å². The van der Waals surface area contributed by atoms with Gasteiger partial charge in [-0.1, -0.05) is 36.4 Å². The molecule has 0 unspecified atom stereocenters. The molecule has 0 spiro atoms. The maximum absolute atomic E-state index is 13.7. The molecule has 2 amide bonds. The molecule has 1 aliphatic heterocycles. The van der Waals surface area contributed by atoms with Gasteiger partial charge in [0.1, 0.15) is 0 Å². The molecule has 11 heteroatoms. The van der Waals surface area contributed by atoms with Crippen molar-refractivity contribution in [3.05, 3.63) is 65.2 Å². The fraction of sp³-hybridized carbons (Fsp3) is 0.333. The van der Waals surface area contributed by atoms with Crippen LogP contribution in [0.4, 0.5) is 23.7 Å². The van der Waals surface area contributed by atoms with Gasteiger partial charge in [-0.15, -0.1) is 0 Å². The van der Waals surface area contributed by atoms with Gasteiger partial charge in [0.15, 0.2) is 15.6 Å². The number of carbonyl (C=O) groups excluding carboxylic acids is 2. The average molecular weight is 469 g/mol. The Hall–Kier alpha value is -2.92. The van der Waals surface area contributed by atoms with Crippen LogP contribution in [-0.4, -0.2) is 56.3 Å². The second kappa shape index (κ2) is 9.29. The molecule has 1 heterocycles. The fourth-order valence-electron chi connectivity index (χ4n) is 3.38. The maximum atomic E-state index is 13.7. The molecule has 0 bridgehead atoms. The summed E-state index contributed by atoms with van der Waals surface area (Å²) in [6.07, 6.45) is -4.70. The van der Waals surface area contributed by atoms with Gasteiger partial charge in [-0.2, -0.15) is 13.2 Å². The number of rotatable bonds is 5. The summed E-state index contributed by atoms with van der Waals surface area (Å²) >= 11 is 0. The molecule has 172 valence electrons. The largest absolute Gasteiger partial charge is 0.418 e. The van der Waals surface area contributed by atoms with Gasteiger partial charge in [-0.3, -0.25) is 9.69 Å². The van der Waals surface area contributed by atoms with Gasteiger partial charge in [0.2, 0.25) is 0 Å². The number of anilines is 1. The molecular formula is C21H22F3N3O4S. The summed E-state index contributed by atoms with van der Waals surface area (Å²) in [5, 5.41) is 0. The average Bonchev–Trinajstić information content (AvgIpc) is 2.76. The van der Waals surface area contributed by atoms with Crippen LogP contribution in [-0.2, 0) is 22.6 Å². The van der Waals surface area contributed by atoms with Crippen LogP contribution in [0.5, 0.6) is 0 Å².